The zero-order valence-electron chi connectivity index (χ0n) is 18.2. The van der Waals surface area contributed by atoms with Crippen LogP contribution in [0.15, 0.2) is 53.6 Å². The number of thioether (sulfide) groups is 1. The lowest BCUT2D eigenvalue weighted by molar-refractivity contribution is -0.123. The topological polar surface area (TPSA) is 51.5 Å². The van der Waals surface area contributed by atoms with Crippen molar-refractivity contribution in [3.8, 4) is 5.75 Å². The van der Waals surface area contributed by atoms with E-state index in [1.54, 1.807) is 0 Å². The highest BCUT2D eigenvalue weighted by atomic mass is 32.2. The molecule has 2 amide bonds. The predicted octanol–water partition coefficient (Wildman–Crippen LogP) is 5.73. The van der Waals surface area contributed by atoms with E-state index in [0.717, 1.165) is 45.1 Å². The van der Waals surface area contributed by atoms with Gasteiger partial charge in [-0.1, -0.05) is 44.2 Å². The fourth-order valence-corrected chi connectivity index (χ4v) is 4.67. The fourth-order valence-electron chi connectivity index (χ4n) is 3.81. The molecule has 1 fully saturated rings. The molecule has 1 aliphatic heterocycles. The highest BCUT2D eigenvalue weighted by Crippen LogP contribution is 2.34. The standard InChI is InChI=1S/C25H26N2O3S/c1-16(2)19-10-9-17(3)13-22(19)30-12-11-27-24(28)23(31-25(27)29)14-18-15-26(4)21-8-6-5-7-20(18)21/h5-10,13-16H,11-12H2,1-4H3/b23-14-. The van der Waals surface area contributed by atoms with Crippen LogP contribution in [0.2, 0.25) is 0 Å². The van der Waals surface area contributed by atoms with Gasteiger partial charge in [-0.05, 0) is 53.9 Å². The third-order valence-electron chi connectivity index (χ3n) is 5.45. The van der Waals surface area contributed by atoms with E-state index < -0.39 is 0 Å². The number of carbonyl (C=O) groups is 2. The molecule has 160 valence electrons. The number of imide groups is 1. The van der Waals surface area contributed by atoms with Gasteiger partial charge in [0.25, 0.3) is 11.1 Å². The van der Waals surface area contributed by atoms with Crippen LogP contribution in [0.1, 0.15) is 36.5 Å². The molecule has 0 bridgehead atoms. The van der Waals surface area contributed by atoms with Gasteiger partial charge in [-0.2, -0.15) is 0 Å². The van der Waals surface area contributed by atoms with Crippen LogP contribution in [-0.2, 0) is 11.8 Å². The van der Waals surface area contributed by atoms with Gasteiger partial charge in [0.05, 0.1) is 11.4 Å². The summed E-state index contributed by atoms with van der Waals surface area (Å²) in [4.78, 5) is 27.1. The van der Waals surface area contributed by atoms with Gasteiger partial charge in [-0.25, -0.2) is 0 Å². The normalized spacial score (nSPS) is 15.6. The van der Waals surface area contributed by atoms with Crippen molar-refractivity contribution < 1.29 is 14.3 Å². The van der Waals surface area contributed by atoms with Crippen LogP contribution in [0.5, 0.6) is 5.75 Å². The van der Waals surface area contributed by atoms with E-state index in [4.69, 9.17) is 4.74 Å². The Kier molecular flexibility index (Phi) is 5.92. The van der Waals surface area contributed by atoms with Crippen LogP contribution in [0.4, 0.5) is 4.79 Å². The number of amides is 2. The number of aromatic nitrogens is 1. The minimum absolute atomic E-state index is 0.225. The molecule has 31 heavy (non-hydrogen) atoms. The van der Waals surface area contributed by atoms with Gasteiger partial charge >= 0.3 is 0 Å². The van der Waals surface area contributed by atoms with Gasteiger partial charge in [0.1, 0.15) is 12.4 Å². The maximum Gasteiger partial charge on any atom is 0.293 e. The summed E-state index contributed by atoms with van der Waals surface area (Å²) in [6, 6.07) is 14.2. The SMILES string of the molecule is Cc1ccc(C(C)C)c(OCCN2C(=O)S/C(=C\c3cn(C)c4ccccc34)C2=O)c1. The van der Waals surface area contributed by atoms with Crippen LogP contribution in [0, 0.1) is 6.92 Å². The third kappa shape index (κ3) is 4.26. The lowest BCUT2D eigenvalue weighted by Gasteiger charge is -2.17. The van der Waals surface area contributed by atoms with Crippen LogP contribution in [-0.4, -0.2) is 33.8 Å². The fraction of sp³-hybridized carbons (Fsp3) is 0.280. The largest absolute Gasteiger partial charge is 0.491 e. The summed E-state index contributed by atoms with van der Waals surface area (Å²) >= 11 is 0.985. The molecular weight excluding hydrogens is 408 g/mol. The maximum atomic E-state index is 12.9. The van der Waals surface area contributed by atoms with Gasteiger partial charge in [0.2, 0.25) is 0 Å². The van der Waals surface area contributed by atoms with Crippen molar-refractivity contribution in [1.82, 2.24) is 9.47 Å². The summed E-state index contributed by atoms with van der Waals surface area (Å²) in [6.45, 7) is 6.75. The minimum atomic E-state index is -0.264. The molecule has 0 spiro atoms. The molecule has 1 saturated heterocycles. The lowest BCUT2D eigenvalue weighted by atomic mass is 10.0. The highest BCUT2D eigenvalue weighted by molar-refractivity contribution is 8.18. The summed E-state index contributed by atoms with van der Waals surface area (Å²) in [5, 5.41) is 0.800. The van der Waals surface area contributed by atoms with E-state index in [1.165, 1.54) is 4.90 Å². The molecular formula is C25H26N2O3S. The molecule has 3 aromatic rings. The van der Waals surface area contributed by atoms with Gasteiger partial charge in [-0.3, -0.25) is 14.5 Å². The summed E-state index contributed by atoms with van der Waals surface area (Å²) in [5.74, 6) is 0.879. The Hall–Kier alpha value is -2.99. The Morgan fingerprint density at radius 1 is 1.13 bits per heavy atom. The third-order valence-corrected chi connectivity index (χ3v) is 6.36. The van der Waals surface area contributed by atoms with Gasteiger partial charge in [-0.15, -0.1) is 0 Å². The number of hydrogen-bond acceptors (Lipinski definition) is 4. The van der Waals surface area contributed by atoms with Crippen molar-refractivity contribution in [2.75, 3.05) is 13.2 Å². The first kappa shape index (κ1) is 21.2. The molecule has 0 atom stereocenters. The van der Waals surface area contributed by atoms with Crippen LogP contribution in [0.3, 0.4) is 0 Å². The van der Waals surface area contributed by atoms with Crippen molar-refractivity contribution in [2.45, 2.75) is 26.7 Å². The monoisotopic (exact) mass is 434 g/mol. The maximum absolute atomic E-state index is 12.9. The smallest absolute Gasteiger partial charge is 0.293 e. The first-order valence-electron chi connectivity index (χ1n) is 10.4. The number of aryl methyl sites for hydroxylation is 2. The Balaban J connectivity index is 1.48. The summed E-state index contributed by atoms with van der Waals surface area (Å²) < 4.78 is 8.00. The molecule has 1 aliphatic rings. The van der Waals surface area contributed by atoms with E-state index in [-0.39, 0.29) is 24.3 Å². The second kappa shape index (κ2) is 8.63. The molecule has 0 saturated carbocycles. The quantitative estimate of drug-likeness (QED) is 0.465. The van der Waals surface area contributed by atoms with E-state index in [0.29, 0.717) is 10.8 Å². The molecule has 5 nitrogen and oxygen atoms in total. The number of carbonyl (C=O) groups excluding carboxylic acids is 2. The highest BCUT2D eigenvalue weighted by Gasteiger charge is 2.35. The molecule has 2 aromatic carbocycles. The first-order valence-corrected chi connectivity index (χ1v) is 11.2. The van der Waals surface area contributed by atoms with E-state index in [2.05, 4.69) is 26.0 Å². The molecule has 1 aromatic heterocycles. The Morgan fingerprint density at radius 3 is 2.68 bits per heavy atom. The van der Waals surface area contributed by atoms with Gasteiger partial charge in [0.15, 0.2) is 0 Å². The lowest BCUT2D eigenvalue weighted by Crippen LogP contribution is -2.32. The Morgan fingerprint density at radius 2 is 1.90 bits per heavy atom. The average molecular weight is 435 g/mol. The molecule has 0 unspecified atom stereocenters. The summed E-state index contributed by atoms with van der Waals surface area (Å²) in [6.07, 6.45) is 3.79. The van der Waals surface area contributed by atoms with E-state index in [9.17, 15) is 9.59 Å². The van der Waals surface area contributed by atoms with Crippen LogP contribution in [0.25, 0.3) is 17.0 Å². The van der Waals surface area contributed by atoms with Crippen molar-refractivity contribution in [2.24, 2.45) is 7.05 Å². The molecule has 6 heteroatoms. The van der Waals surface area contributed by atoms with Crippen molar-refractivity contribution in [3.63, 3.8) is 0 Å². The number of para-hydroxylation sites is 1. The second-order valence-electron chi connectivity index (χ2n) is 8.09. The molecule has 2 heterocycles. The second-order valence-corrected chi connectivity index (χ2v) is 9.08. The number of rotatable bonds is 6. The number of ether oxygens (including phenoxy) is 1. The molecule has 0 radical (unpaired) electrons. The molecule has 0 N–H and O–H groups in total. The summed E-state index contributed by atoms with van der Waals surface area (Å²) in [7, 11) is 1.97. The zero-order chi connectivity index (χ0) is 22.1. The van der Waals surface area contributed by atoms with E-state index >= 15 is 0 Å². The van der Waals surface area contributed by atoms with Gasteiger partial charge in [0, 0.05) is 29.7 Å². The van der Waals surface area contributed by atoms with Crippen molar-refractivity contribution >= 4 is 39.9 Å². The molecule has 4 rings (SSSR count). The number of fused-ring (bicyclic) bond motifs is 1. The predicted molar refractivity (Wildman–Crippen MR) is 126 cm³/mol. The van der Waals surface area contributed by atoms with Crippen LogP contribution >= 0.6 is 11.8 Å². The van der Waals surface area contributed by atoms with Gasteiger partial charge < -0.3 is 9.30 Å². The van der Waals surface area contributed by atoms with Crippen molar-refractivity contribution in [1.29, 1.82) is 0 Å². The number of nitrogens with zero attached hydrogens (tertiary/aromatic N) is 2. The van der Waals surface area contributed by atoms with Crippen molar-refractivity contribution in [3.05, 3.63) is 70.3 Å². The Labute approximate surface area is 186 Å². The zero-order valence-corrected chi connectivity index (χ0v) is 19.0. The number of hydrogen-bond donors (Lipinski definition) is 0. The number of benzene rings is 2. The van der Waals surface area contributed by atoms with E-state index in [1.807, 2.05) is 61.1 Å². The summed E-state index contributed by atoms with van der Waals surface area (Å²) in [5.41, 5.74) is 4.25. The van der Waals surface area contributed by atoms with Crippen LogP contribution < -0.4 is 4.74 Å². The average Bonchev–Trinajstić information content (AvgIpc) is 3.19. The minimum Gasteiger partial charge on any atom is -0.491 e. The first-order chi connectivity index (χ1) is 14.8. The molecule has 0 aliphatic carbocycles. The Bertz CT molecular complexity index is 1190.